The van der Waals surface area contributed by atoms with Gasteiger partial charge in [0, 0.05) is 48.2 Å². The fourth-order valence-corrected chi connectivity index (χ4v) is 1.60. The molecule has 0 radical (unpaired) electrons. The number of carbonyl (C=O) groups is 3. The van der Waals surface area contributed by atoms with Gasteiger partial charge in [-0.1, -0.05) is 13.2 Å². The molecular formula is C16H17NO6. The van der Waals surface area contributed by atoms with Crippen LogP contribution in [-0.4, -0.2) is 22.9 Å². The highest BCUT2D eigenvalue weighted by Crippen LogP contribution is 2.17. The summed E-state index contributed by atoms with van der Waals surface area (Å²) in [5.74, 6) is -1.65. The molecule has 1 heterocycles. The van der Waals surface area contributed by atoms with Crippen molar-refractivity contribution in [3.05, 3.63) is 54.4 Å². The number of aromatic nitrogens is 1. The zero-order chi connectivity index (χ0) is 17.2. The van der Waals surface area contributed by atoms with Gasteiger partial charge >= 0.3 is 17.9 Å². The van der Waals surface area contributed by atoms with Gasteiger partial charge in [0.25, 0.3) is 0 Å². The molecule has 0 aliphatic carbocycles. The number of hydrogen-bond acceptors (Lipinski definition) is 7. The van der Waals surface area contributed by atoms with Crippen LogP contribution in [0.25, 0.3) is 0 Å². The molecule has 7 nitrogen and oxygen atoms in total. The van der Waals surface area contributed by atoms with E-state index in [1.807, 2.05) is 0 Å². The molecule has 0 amide bonds. The zero-order valence-electron chi connectivity index (χ0n) is 12.7. The molecule has 1 rings (SSSR count). The van der Waals surface area contributed by atoms with Gasteiger partial charge in [0.15, 0.2) is 0 Å². The highest BCUT2D eigenvalue weighted by atomic mass is 16.5. The Morgan fingerprint density at radius 3 is 1.91 bits per heavy atom. The summed E-state index contributed by atoms with van der Waals surface area (Å²) >= 11 is 0. The standard InChI is InChI=1S/C16H17NO6/c1-4-15(19)22-9-13-7-17-6-12(8-21-11(3)18)14(13)10-23-16(20)5-2/h4-7H,1-2,8-10H2,3H3. The van der Waals surface area contributed by atoms with Crippen molar-refractivity contribution in [2.75, 3.05) is 0 Å². The Kier molecular flexibility index (Phi) is 7.19. The molecule has 0 unspecified atom stereocenters. The third kappa shape index (κ3) is 6.13. The molecule has 0 aliphatic heterocycles. The zero-order valence-corrected chi connectivity index (χ0v) is 12.7. The molecular weight excluding hydrogens is 302 g/mol. The Bertz CT molecular complexity index is 623. The third-order valence-corrected chi connectivity index (χ3v) is 2.73. The van der Waals surface area contributed by atoms with Crippen molar-refractivity contribution in [2.45, 2.75) is 26.7 Å². The Hall–Kier alpha value is -2.96. The molecule has 0 aliphatic rings. The maximum Gasteiger partial charge on any atom is 0.330 e. The fourth-order valence-electron chi connectivity index (χ4n) is 1.60. The lowest BCUT2D eigenvalue weighted by Crippen LogP contribution is -2.11. The average Bonchev–Trinajstić information content (AvgIpc) is 2.55. The highest BCUT2D eigenvalue weighted by Gasteiger charge is 2.13. The molecule has 7 heteroatoms. The number of rotatable bonds is 8. The molecule has 0 saturated heterocycles. The van der Waals surface area contributed by atoms with Crippen LogP contribution in [0.3, 0.4) is 0 Å². The van der Waals surface area contributed by atoms with E-state index < -0.39 is 17.9 Å². The van der Waals surface area contributed by atoms with Crippen LogP contribution in [0.5, 0.6) is 0 Å². The van der Waals surface area contributed by atoms with Crippen LogP contribution in [0.2, 0.25) is 0 Å². The fraction of sp³-hybridized carbons (Fsp3) is 0.250. The molecule has 122 valence electrons. The van der Waals surface area contributed by atoms with E-state index in [9.17, 15) is 14.4 Å². The first-order valence-corrected chi connectivity index (χ1v) is 6.64. The van der Waals surface area contributed by atoms with Crippen molar-refractivity contribution in [2.24, 2.45) is 0 Å². The minimum absolute atomic E-state index is 0.0352. The van der Waals surface area contributed by atoms with E-state index in [2.05, 4.69) is 18.1 Å². The smallest absolute Gasteiger partial charge is 0.330 e. The van der Waals surface area contributed by atoms with Crippen molar-refractivity contribution < 1.29 is 28.6 Å². The summed E-state index contributed by atoms with van der Waals surface area (Å²) in [6, 6.07) is 0. The summed E-state index contributed by atoms with van der Waals surface area (Å²) in [6.07, 6.45) is 5.03. The Morgan fingerprint density at radius 2 is 1.43 bits per heavy atom. The van der Waals surface area contributed by atoms with Crippen molar-refractivity contribution in [3.63, 3.8) is 0 Å². The number of nitrogens with zero attached hydrogens (tertiary/aromatic N) is 1. The predicted octanol–water partition coefficient (Wildman–Crippen LogP) is 1.60. The van der Waals surface area contributed by atoms with Crippen molar-refractivity contribution >= 4 is 17.9 Å². The second kappa shape index (κ2) is 9.14. The maximum atomic E-state index is 11.2. The summed E-state index contributed by atoms with van der Waals surface area (Å²) in [4.78, 5) is 37.4. The Morgan fingerprint density at radius 1 is 0.957 bits per heavy atom. The molecule has 0 aromatic carbocycles. The lowest BCUT2D eigenvalue weighted by molar-refractivity contribution is -0.142. The quantitative estimate of drug-likeness (QED) is 0.408. The van der Waals surface area contributed by atoms with E-state index in [0.717, 1.165) is 12.2 Å². The first-order chi connectivity index (χ1) is 11.0. The Labute approximate surface area is 133 Å². The molecule has 1 aromatic heterocycles. The number of pyridine rings is 1. The van der Waals surface area contributed by atoms with Crippen LogP contribution in [0, 0.1) is 0 Å². The largest absolute Gasteiger partial charge is 0.461 e. The summed E-state index contributed by atoms with van der Waals surface area (Å²) in [5.41, 5.74) is 1.62. The molecule has 0 fully saturated rings. The van der Waals surface area contributed by atoms with Gasteiger partial charge in [-0.05, 0) is 0 Å². The molecule has 1 aromatic rings. The minimum Gasteiger partial charge on any atom is -0.461 e. The van der Waals surface area contributed by atoms with Gasteiger partial charge in [0.1, 0.15) is 19.8 Å². The van der Waals surface area contributed by atoms with E-state index >= 15 is 0 Å². The topological polar surface area (TPSA) is 91.8 Å². The van der Waals surface area contributed by atoms with E-state index in [0.29, 0.717) is 16.7 Å². The second-order valence-corrected chi connectivity index (χ2v) is 4.34. The number of carbonyl (C=O) groups excluding carboxylic acids is 3. The summed E-state index contributed by atoms with van der Waals surface area (Å²) < 4.78 is 14.9. The monoisotopic (exact) mass is 319 g/mol. The molecule has 0 bridgehead atoms. The SMILES string of the molecule is C=CC(=O)OCc1cncc(COC(C)=O)c1COC(=O)C=C. The van der Waals surface area contributed by atoms with E-state index in [1.54, 1.807) is 0 Å². The minimum atomic E-state index is -0.603. The van der Waals surface area contributed by atoms with Crippen molar-refractivity contribution in [3.8, 4) is 0 Å². The lowest BCUT2D eigenvalue weighted by Gasteiger charge is -2.14. The first-order valence-electron chi connectivity index (χ1n) is 6.64. The van der Waals surface area contributed by atoms with Crippen molar-refractivity contribution in [1.82, 2.24) is 4.98 Å². The van der Waals surface area contributed by atoms with Gasteiger partial charge in [0.05, 0.1) is 0 Å². The second-order valence-electron chi connectivity index (χ2n) is 4.34. The normalized spacial score (nSPS) is 9.61. The first kappa shape index (κ1) is 18.1. The van der Waals surface area contributed by atoms with Crippen LogP contribution in [0.1, 0.15) is 23.6 Å². The van der Waals surface area contributed by atoms with Gasteiger partial charge in [-0.15, -0.1) is 0 Å². The molecule has 23 heavy (non-hydrogen) atoms. The third-order valence-electron chi connectivity index (χ3n) is 2.73. The molecule has 0 spiro atoms. The number of esters is 3. The van der Waals surface area contributed by atoms with Gasteiger partial charge in [-0.3, -0.25) is 9.78 Å². The van der Waals surface area contributed by atoms with Gasteiger partial charge in [-0.25, -0.2) is 9.59 Å². The summed E-state index contributed by atoms with van der Waals surface area (Å²) in [6.45, 7) is 7.69. The number of hydrogen-bond donors (Lipinski definition) is 0. The van der Waals surface area contributed by atoms with Gasteiger partial charge < -0.3 is 14.2 Å². The van der Waals surface area contributed by atoms with E-state index in [4.69, 9.17) is 14.2 Å². The van der Waals surface area contributed by atoms with Crippen LogP contribution in [0.15, 0.2) is 37.7 Å². The average molecular weight is 319 g/mol. The maximum absolute atomic E-state index is 11.2. The van der Waals surface area contributed by atoms with Crippen LogP contribution in [0.4, 0.5) is 0 Å². The van der Waals surface area contributed by atoms with Crippen LogP contribution < -0.4 is 0 Å². The van der Waals surface area contributed by atoms with Crippen LogP contribution >= 0.6 is 0 Å². The Balaban J connectivity index is 3.00. The molecule has 0 N–H and O–H groups in total. The van der Waals surface area contributed by atoms with Gasteiger partial charge in [0.2, 0.25) is 0 Å². The highest BCUT2D eigenvalue weighted by molar-refractivity contribution is 5.81. The number of ether oxygens (including phenoxy) is 3. The van der Waals surface area contributed by atoms with Crippen LogP contribution in [-0.2, 0) is 48.4 Å². The summed E-state index contributed by atoms with van der Waals surface area (Å²) in [7, 11) is 0. The van der Waals surface area contributed by atoms with Gasteiger partial charge in [-0.2, -0.15) is 0 Å². The molecule has 0 atom stereocenters. The summed E-state index contributed by atoms with van der Waals surface area (Å²) in [5, 5.41) is 0. The van der Waals surface area contributed by atoms with E-state index in [-0.39, 0.29) is 19.8 Å². The molecule has 0 saturated carbocycles. The predicted molar refractivity (Wildman–Crippen MR) is 79.7 cm³/mol. The van der Waals surface area contributed by atoms with E-state index in [1.165, 1.54) is 19.3 Å². The lowest BCUT2D eigenvalue weighted by atomic mass is 10.1. The van der Waals surface area contributed by atoms with Crippen molar-refractivity contribution in [1.29, 1.82) is 0 Å².